The number of aromatic nitrogens is 1. The Balaban J connectivity index is 1.04. The molecule has 294 valence electrons. The molecule has 0 saturated carbocycles. The van der Waals surface area contributed by atoms with Gasteiger partial charge in [0.25, 0.3) is 0 Å². The van der Waals surface area contributed by atoms with Crippen molar-refractivity contribution in [2.45, 2.75) is 25.7 Å². The number of allylic oxidation sites excluding steroid dienone is 6. The topological polar surface area (TPSA) is 4.93 Å². The van der Waals surface area contributed by atoms with Crippen LogP contribution >= 0.6 is 0 Å². The molecule has 9 aromatic carbocycles. The van der Waals surface area contributed by atoms with Crippen molar-refractivity contribution in [1.29, 1.82) is 0 Å². The first-order valence-corrected chi connectivity index (χ1v) is 22.5. The van der Waals surface area contributed by atoms with Crippen LogP contribution in [-0.2, 0) is 12.8 Å². The van der Waals surface area contributed by atoms with Gasteiger partial charge in [0, 0.05) is 5.69 Å². The summed E-state index contributed by atoms with van der Waals surface area (Å²) in [5, 5.41) is 10.6. The zero-order chi connectivity index (χ0) is 41.2. The van der Waals surface area contributed by atoms with Gasteiger partial charge in [-0.25, -0.2) is 0 Å². The molecule has 0 amide bonds. The van der Waals surface area contributed by atoms with Gasteiger partial charge < -0.3 is 4.57 Å². The molecule has 63 heavy (non-hydrogen) atoms. The average molecular weight is 800 g/mol. The van der Waals surface area contributed by atoms with Crippen LogP contribution in [0.2, 0.25) is 0 Å². The summed E-state index contributed by atoms with van der Waals surface area (Å²) < 4.78 is 2.44. The van der Waals surface area contributed by atoms with Crippen LogP contribution < -0.4 is 0 Å². The first-order chi connectivity index (χ1) is 31.2. The van der Waals surface area contributed by atoms with E-state index >= 15 is 0 Å². The van der Waals surface area contributed by atoms with Gasteiger partial charge in [-0.1, -0.05) is 164 Å². The van der Waals surface area contributed by atoms with E-state index in [0.29, 0.717) is 0 Å². The first-order valence-electron chi connectivity index (χ1n) is 22.5. The second-order valence-electron chi connectivity index (χ2n) is 17.8. The van der Waals surface area contributed by atoms with Gasteiger partial charge in [-0.3, -0.25) is 0 Å². The Morgan fingerprint density at radius 1 is 0.365 bits per heavy atom. The molecule has 14 rings (SSSR count). The predicted molar refractivity (Wildman–Crippen MR) is 268 cm³/mol. The highest BCUT2D eigenvalue weighted by Crippen LogP contribution is 2.48. The van der Waals surface area contributed by atoms with Crippen molar-refractivity contribution in [2.75, 3.05) is 0 Å². The Morgan fingerprint density at radius 2 is 0.857 bits per heavy atom. The van der Waals surface area contributed by atoms with Crippen molar-refractivity contribution in [1.82, 2.24) is 4.57 Å². The third-order valence-corrected chi connectivity index (χ3v) is 14.5. The molecule has 0 atom stereocenters. The molecule has 1 nitrogen and oxygen atoms in total. The standard InChI is InChI=1S/C62H41N/c1-3-9-38(10-4-1)57-33-34-58(39-11-5-2-6-12-39)63(57)48-26-21-46-36-55-51(49-27-22-44-19-17-40-13-7-15-42-24-29-53(49)61(44)59(40)42)31-32-52(56(55)37-47(46)35-48)50-28-23-45-20-18-41-14-8-16-43-25-30-54(50)62(45)60(41)43/h1-12,15-18,21-37H,13-14,19-20H2. The molecular formula is C62H41N. The molecular weight excluding hydrogens is 759 g/mol. The second-order valence-corrected chi connectivity index (χ2v) is 17.8. The molecule has 1 heterocycles. The summed E-state index contributed by atoms with van der Waals surface area (Å²) in [6.07, 6.45) is 18.2. The molecule has 10 aromatic rings. The van der Waals surface area contributed by atoms with Gasteiger partial charge in [-0.2, -0.15) is 0 Å². The molecule has 0 unspecified atom stereocenters. The fourth-order valence-corrected chi connectivity index (χ4v) is 11.6. The quantitative estimate of drug-likeness (QED) is 0.153. The molecule has 4 aliphatic rings. The van der Waals surface area contributed by atoms with Crippen LogP contribution in [-0.4, -0.2) is 4.57 Å². The minimum atomic E-state index is 0.984. The van der Waals surface area contributed by atoms with E-state index in [1.54, 1.807) is 0 Å². The average Bonchev–Trinajstić information content (AvgIpc) is 3.80. The third-order valence-electron chi connectivity index (χ3n) is 14.5. The fraction of sp³-hybridized carbons (Fsp3) is 0.0645. The van der Waals surface area contributed by atoms with Crippen molar-refractivity contribution >= 4 is 66.4 Å². The monoisotopic (exact) mass is 799 g/mol. The highest BCUT2D eigenvalue weighted by molar-refractivity contribution is 6.18. The zero-order valence-electron chi connectivity index (χ0n) is 34.8. The predicted octanol–water partition coefficient (Wildman–Crippen LogP) is 16.5. The lowest BCUT2D eigenvalue weighted by atomic mass is 9.78. The SMILES string of the molecule is C1=Cc2ccc3c(-c4ccc(-c5ccc6c7c8c(ccc57)C=CCC8=CC6)c5cc6cc(-n7c(-c8ccccc8)ccc7-c7ccccc7)ccc6cc45)ccc4c3c2C(=CC4)C1. The zero-order valence-corrected chi connectivity index (χ0v) is 34.8. The molecule has 1 heteroatoms. The number of hydrogen-bond acceptors (Lipinski definition) is 0. The van der Waals surface area contributed by atoms with E-state index in [9.17, 15) is 0 Å². The lowest BCUT2D eigenvalue weighted by Gasteiger charge is -2.25. The Hall–Kier alpha value is -7.74. The molecule has 1 aromatic heterocycles. The Morgan fingerprint density at radius 3 is 1.40 bits per heavy atom. The van der Waals surface area contributed by atoms with Crippen LogP contribution in [0.1, 0.15) is 46.2 Å². The van der Waals surface area contributed by atoms with E-state index in [0.717, 1.165) is 31.4 Å². The lowest BCUT2D eigenvalue weighted by Crippen LogP contribution is -2.04. The van der Waals surface area contributed by atoms with Crippen LogP contribution in [0, 0.1) is 0 Å². The van der Waals surface area contributed by atoms with E-state index in [1.165, 1.54) is 132 Å². The number of hydrogen-bond donors (Lipinski definition) is 0. The van der Waals surface area contributed by atoms with E-state index in [1.807, 2.05) is 0 Å². The maximum atomic E-state index is 2.49. The van der Waals surface area contributed by atoms with E-state index < -0.39 is 0 Å². The minimum absolute atomic E-state index is 0.984. The second kappa shape index (κ2) is 13.4. The number of nitrogens with zero attached hydrogens (tertiary/aromatic N) is 1. The van der Waals surface area contributed by atoms with Gasteiger partial charge in [0.1, 0.15) is 0 Å². The molecule has 0 saturated heterocycles. The maximum absolute atomic E-state index is 2.49. The van der Waals surface area contributed by atoms with Crippen molar-refractivity contribution in [3.8, 4) is 50.5 Å². The molecule has 0 N–H and O–H groups in total. The van der Waals surface area contributed by atoms with Crippen molar-refractivity contribution < 1.29 is 0 Å². The largest absolute Gasteiger partial charge is 0.309 e. The first kappa shape index (κ1) is 34.9. The Labute approximate surface area is 366 Å². The molecule has 0 spiro atoms. The summed E-state index contributed by atoms with van der Waals surface area (Å²) in [6.45, 7) is 0. The van der Waals surface area contributed by atoms with Crippen LogP contribution in [0.25, 0.3) is 117 Å². The van der Waals surface area contributed by atoms with Gasteiger partial charge in [-0.05, 0) is 183 Å². The van der Waals surface area contributed by atoms with Gasteiger partial charge >= 0.3 is 0 Å². The Kier molecular flexibility index (Phi) is 7.41. The molecule has 0 radical (unpaired) electrons. The normalized spacial score (nSPS) is 14.5. The Bertz CT molecular complexity index is 3700. The van der Waals surface area contributed by atoms with Crippen molar-refractivity contribution in [3.63, 3.8) is 0 Å². The smallest absolute Gasteiger partial charge is 0.0535 e. The van der Waals surface area contributed by atoms with Crippen LogP contribution in [0.15, 0.2) is 188 Å². The molecule has 0 aliphatic heterocycles. The summed E-state index contributed by atoms with van der Waals surface area (Å²) in [6, 6.07) is 62.1. The van der Waals surface area contributed by atoms with Crippen molar-refractivity contribution in [3.05, 3.63) is 221 Å². The summed E-state index contributed by atoms with van der Waals surface area (Å²) in [7, 11) is 0. The molecule has 0 fully saturated rings. The lowest BCUT2D eigenvalue weighted by molar-refractivity contribution is 1.10. The molecule has 0 bridgehead atoms. The van der Waals surface area contributed by atoms with E-state index in [4.69, 9.17) is 0 Å². The van der Waals surface area contributed by atoms with Crippen LogP contribution in [0.5, 0.6) is 0 Å². The number of rotatable bonds is 5. The summed E-state index contributed by atoms with van der Waals surface area (Å²) in [5.74, 6) is 0. The summed E-state index contributed by atoms with van der Waals surface area (Å²) in [4.78, 5) is 0. The highest BCUT2D eigenvalue weighted by atomic mass is 15.0. The van der Waals surface area contributed by atoms with E-state index in [-0.39, 0.29) is 0 Å². The van der Waals surface area contributed by atoms with Gasteiger partial charge in [0.05, 0.1) is 11.4 Å². The highest BCUT2D eigenvalue weighted by Gasteiger charge is 2.25. The number of fused-ring (bicyclic) bond motifs is 2. The van der Waals surface area contributed by atoms with E-state index in [2.05, 4.69) is 205 Å². The van der Waals surface area contributed by atoms with Crippen LogP contribution in [0.4, 0.5) is 0 Å². The van der Waals surface area contributed by atoms with Gasteiger partial charge in [-0.15, -0.1) is 0 Å². The van der Waals surface area contributed by atoms with Gasteiger partial charge in [0.15, 0.2) is 0 Å². The van der Waals surface area contributed by atoms with Crippen LogP contribution in [0.3, 0.4) is 0 Å². The molecule has 4 aliphatic carbocycles. The van der Waals surface area contributed by atoms with Gasteiger partial charge in [0.2, 0.25) is 0 Å². The fourth-order valence-electron chi connectivity index (χ4n) is 11.6. The summed E-state index contributed by atoms with van der Waals surface area (Å²) in [5.41, 5.74) is 22.4. The number of benzene rings is 9. The minimum Gasteiger partial charge on any atom is -0.309 e. The maximum Gasteiger partial charge on any atom is 0.0535 e. The van der Waals surface area contributed by atoms with Crippen molar-refractivity contribution in [2.24, 2.45) is 0 Å². The third kappa shape index (κ3) is 5.17. The summed E-state index contributed by atoms with van der Waals surface area (Å²) >= 11 is 0.